The van der Waals surface area contributed by atoms with Crippen LogP contribution in [0.3, 0.4) is 0 Å². The normalized spacial score (nSPS) is 11.5. The van der Waals surface area contributed by atoms with Crippen LogP contribution in [0.5, 0.6) is 0 Å². The highest BCUT2D eigenvalue weighted by atomic mass is 16.3. The highest BCUT2D eigenvalue weighted by Gasteiger charge is 2.20. The Morgan fingerprint density at radius 3 is 1.95 bits per heavy atom. The summed E-state index contributed by atoms with van der Waals surface area (Å²) >= 11 is 0. The fraction of sp³-hybridized carbons (Fsp3) is 0. The van der Waals surface area contributed by atoms with Crippen molar-refractivity contribution in [3.63, 3.8) is 0 Å². The van der Waals surface area contributed by atoms with Crippen molar-refractivity contribution in [2.75, 3.05) is 4.90 Å². The molecule has 188 valence electrons. The van der Waals surface area contributed by atoms with Gasteiger partial charge in [0.1, 0.15) is 11.2 Å². The Morgan fingerprint density at radius 1 is 0.425 bits per heavy atom. The number of hydrogen-bond acceptors (Lipinski definition) is 2. The Labute approximate surface area is 232 Å². The fourth-order valence-electron chi connectivity index (χ4n) is 6.03. The minimum absolute atomic E-state index is 0.894. The summed E-state index contributed by atoms with van der Waals surface area (Å²) < 4.78 is 6.20. The maximum absolute atomic E-state index is 6.20. The van der Waals surface area contributed by atoms with Crippen LogP contribution >= 0.6 is 0 Å². The van der Waals surface area contributed by atoms with Crippen molar-refractivity contribution in [2.45, 2.75) is 0 Å². The first kappa shape index (κ1) is 22.6. The Hall–Kier alpha value is -5.34. The highest BCUT2D eigenvalue weighted by molar-refractivity contribution is 6.12. The van der Waals surface area contributed by atoms with Crippen LogP contribution in [0.15, 0.2) is 156 Å². The van der Waals surface area contributed by atoms with Crippen LogP contribution in [0.4, 0.5) is 17.1 Å². The van der Waals surface area contributed by atoms with E-state index in [1.54, 1.807) is 0 Å². The summed E-state index contributed by atoms with van der Waals surface area (Å²) in [5.41, 5.74) is 7.59. The summed E-state index contributed by atoms with van der Waals surface area (Å²) in [5.74, 6) is 0. The summed E-state index contributed by atoms with van der Waals surface area (Å²) in [4.78, 5) is 2.42. The lowest BCUT2D eigenvalue weighted by Gasteiger charge is -2.29. The van der Waals surface area contributed by atoms with Gasteiger partial charge in [0, 0.05) is 27.2 Å². The molecule has 0 radical (unpaired) electrons. The molecule has 2 heteroatoms. The lowest BCUT2D eigenvalue weighted by molar-refractivity contribution is 0.669. The van der Waals surface area contributed by atoms with Crippen molar-refractivity contribution in [1.82, 2.24) is 0 Å². The van der Waals surface area contributed by atoms with Gasteiger partial charge in [0.15, 0.2) is 0 Å². The highest BCUT2D eigenvalue weighted by Crippen LogP contribution is 2.45. The topological polar surface area (TPSA) is 16.4 Å². The largest absolute Gasteiger partial charge is 0.456 e. The number of rotatable bonds is 4. The van der Waals surface area contributed by atoms with Gasteiger partial charge in [-0.1, -0.05) is 115 Å². The zero-order chi connectivity index (χ0) is 26.5. The molecule has 8 rings (SSSR count). The van der Waals surface area contributed by atoms with Crippen molar-refractivity contribution in [3.05, 3.63) is 152 Å². The molecule has 0 atom stereocenters. The van der Waals surface area contributed by atoms with E-state index in [1.165, 1.54) is 32.7 Å². The molecule has 40 heavy (non-hydrogen) atoms. The molecule has 0 fully saturated rings. The van der Waals surface area contributed by atoms with Crippen LogP contribution in [0.25, 0.3) is 54.6 Å². The van der Waals surface area contributed by atoms with E-state index in [9.17, 15) is 0 Å². The van der Waals surface area contributed by atoms with Crippen LogP contribution < -0.4 is 4.90 Å². The second-order valence-corrected chi connectivity index (χ2v) is 10.2. The molecule has 0 N–H and O–H groups in total. The monoisotopic (exact) mass is 511 g/mol. The minimum Gasteiger partial charge on any atom is -0.456 e. The first-order chi connectivity index (χ1) is 19.8. The number of nitrogens with zero attached hydrogens (tertiary/aromatic N) is 1. The molecule has 2 nitrogen and oxygen atoms in total. The quantitative estimate of drug-likeness (QED) is 0.234. The molecule has 0 aliphatic rings. The summed E-state index contributed by atoms with van der Waals surface area (Å²) in [6.07, 6.45) is 0. The Kier molecular flexibility index (Phi) is 5.17. The molecule has 0 saturated heterocycles. The third-order valence-corrected chi connectivity index (χ3v) is 7.83. The second-order valence-electron chi connectivity index (χ2n) is 10.2. The number of fused-ring (bicyclic) bond motifs is 5. The second kappa shape index (κ2) is 9.14. The van der Waals surface area contributed by atoms with Gasteiger partial charge >= 0.3 is 0 Å². The molecule has 0 saturated carbocycles. The third kappa shape index (κ3) is 3.58. The smallest absolute Gasteiger partial charge is 0.135 e. The van der Waals surface area contributed by atoms with Gasteiger partial charge in [-0.05, 0) is 58.3 Å². The van der Waals surface area contributed by atoms with Gasteiger partial charge in [-0.25, -0.2) is 0 Å². The molecule has 0 amide bonds. The Bertz CT molecular complexity index is 2160. The van der Waals surface area contributed by atoms with Gasteiger partial charge in [0.05, 0.1) is 11.4 Å². The number of para-hydroxylation sites is 1. The van der Waals surface area contributed by atoms with E-state index < -0.39 is 0 Å². The number of furan rings is 1. The summed E-state index contributed by atoms with van der Waals surface area (Å²) in [6.45, 7) is 0. The maximum Gasteiger partial charge on any atom is 0.135 e. The van der Waals surface area contributed by atoms with E-state index in [4.69, 9.17) is 4.42 Å². The molecule has 1 heterocycles. The van der Waals surface area contributed by atoms with Crippen molar-refractivity contribution >= 4 is 60.5 Å². The molecule has 0 spiro atoms. The van der Waals surface area contributed by atoms with Gasteiger partial charge in [0.25, 0.3) is 0 Å². The average Bonchev–Trinajstić information content (AvgIpc) is 3.40. The van der Waals surface area contributed by atoms with Crippen LogP contribution in [0.2, 0.25) is 0 Å². The van der Waals surface area contributed by atoms with E-state index in [1.807, 2.05) is 12.1 Å². The summed E-state index contributed by atoms with van der Waals surface area (Å²) in [6, 6.07) is 53.9. The lowest BCUT2D eigenvalue weighted by Crippen LogP contribution is -2.11. The standard InChI is InChI=1S/C38H25NO/c1-2-11-27(12-3-1)31-19-8-15-28-16-10-21-35(38(28)31)39(34-20-9-14-26-13-4-5-17-30(26)34)29-23-24-37-33(25-29)32-18-6-7-22-36(32)40-37/h1-25H. The van der Waals surface area contributed by atoms with E-state index in [2.05, 4.69) is 144 Å². The van der Waals surface area contributed by atoms with Crippen molar-refractivity contribution < 1.29 is 4.42 Å². The zero-order valence-corrected chi connectivity index (χ0v) is 21.8. The Morgan fingerprint density at radius 2 is 1.07 bits per heavy atom. The fourth-order valence-corrected chi connectivity index (χ4v) is 6.03. The van der Waals surface area contributed by atoms with Gasteiger partial charge in [-0.15, -0.1) is 0 Å². The predicted molar refractivity (Wildman–Crippen MR) is 169 cm³/mol. The van der Waals surface area contributed by atoms with Crippen molar-refractivity contribution in [2.24, 2.45) is 0 Å². The molecule has 1 aromatic heterocycles. The minimum atomic E-state index is 0.894. The summed E-state index contributed by atoms with van der Waals surface area (Å²) in [7, 11) is 0. The van der Waals surface area contributed by atoms with Crippen molar-refractivity contribution in [1.29, 1.82) is 0 Å². The first-order valence-corrected chi connectivity index (χ1v) is 13.6. The van der Waals surface area contributed by atoms with Gasteiger partial charge in [-0.2, -0.15) is 0 Å². The summed E-state index contributed by atoms with van der Waals surface area (Å²) in [5, 5.41) is 7.09. The average molecular weight is 512 g/mol. The molecule has 0 bridgehead atoms. The molecule has 0 aliphatic carbocycles. The van der Waals surface area contributed by atoms with Gasteiger partial charge in [-0.3, -0.25) is 0 Å². The van der Waals surface area contributed by atoms with E-state index in [0.717, 1.165) is 39.0 Å². The SMILES string of the molecule is c1ccc(-c2cccc3cccc(N(c4ccc5oc6ccccc6c5c4)c4cccc5ccccc45)c23)cc1. The van der Waals surface area contributed by atoms with Crippen LogP contribution in [-0.2, 0) is 0 Å². The van der Waals surface area contributed by atoms with E-state index >= 15 is 0 Å². The molecule has 0 unspecified atom stereocenters. The predicted octanol–water partition coefficient (Wildman–Crippen LogP) is 11.0. The van der Waals surface area contributed by atoms with Crippen molar-refractivity contribution in [3.8, 4) is 11.1 Å². The van der Waals surface area contributed by atoms with Gasteiger partial charge < -0.3 is 9.32 Å². The number of anilines is 3. The van der Waals surface area contributed by atoms with Crippen LogP contribution in [0.1, 0.15) is 0 Å². The first-order valence-electron chi connectivity index (χ1n) is 13.6. The molecule has 8 aromatic rings. The lowest BCUT2D eigenvalue weighted by atomic mass is 9.95. The third-order valence-electron chi connectivity index (χ3n) is 7.83. The van der Waals surface area contributed by atoms with Crippen LogP contribution in [0, 0.1) is 0 Å². The number of hydrogen-bond donors (Lipinski definition) is 0. The Balaban J connectivity index is 1.48. The van der Waals surface area contributed by atoms with E-state index in [-0.39, 0.29) is 0 Å². The zero-order valence-electron chi connectivity index (χ0n) is 21.8. The molecule has 0 aliphatic heterocycles. The molecular weight excluding hydrogens is 486 g/mol. The number of benzene rings is 7. The van der Waals surface area contributed by atoms with Crippen LogP contribution in [-0.4, -0.2) is 0 Å². The maximum atomic E-state index is 6.20. The van der Waals surface area contributed by atoms with Gasteiger partial charge in [0.2, 0.25) is 0 Å². The molecular formula is C38H25NO. The molecule has 7 aromatic carbocycles. The van der Waals surface area contributed by atoms with E-state index in [0.29, 0.717) is 0 Å².